The normalized spacial score (nSPS) is 19.6. The fourth-order valence-electron chi connectivity index (χ4n) is 2.62. The average Bonchev–Trinajstić information content (AvgIpc) is 2.75. The molecule has 0 N–H and O–H groups in total. The summed E-state index contributed by atoms with van der Waals surface area (Å²) in [4.78, 5) is 11.4. The Labute approximate surface area is 124 Å². The number of halogens is 1. The van der Waals surface area contributed by atoms with Crippen molar-refractivity contribution in [3.8, 4) is 0 Å². The largest absolute Gasteiger partial charge is 0.296 e. The van der Waals surface area contributed by atoms with Crippen molar-refractivity contribution in [2.24, 2.45) is 12.5 Å². The maximum absolute atomic E-state index is 6.22. The summed E-state index contributed by atoms with van der Waals surface area (Å²) in [5.74, 6) is 0.783. The molecule has 0 bridgehead atoms. The van der Waals surface area contributed by atoms with Crippen LogP contribution >= 0.6 is 11.6 Å². The zero-order chi connectivity index (χ0) is 14.3. The highest BCUT2D eigenvalue weighted by Crippen LogP contribution is 2.30. The first kappa shape index (κ1) is 13.8. The number of hydrogen-bond acceptors (Lipinski definition) is 4. The van der Waals surface area contributed by atoms with Crippen LogP contribution in [0.1, 0.15) is 32.5 Å². The molecule has 3 heterocycles. The molecule has 1 fully saturated rings. The fourth-order valence-corrected chi connectivity index (χ4v) is 2.85. The second-order valence-electron chi connectivity index (χ2n) is 6.38. The Bertz CT molecular complexity index is 624. The van der Waals surface area contributed by atoms with E-state index in [1.54, 1.807) is 10.9 Å². The summed E-state index contributed by atoms with van der Waals surface area (Å²) in [6.07, 6.45) is 4.15. The van der Waals surface area contributed by atoms with Crippen molar-refractivity contribution < 1.29 is 0 Å². The summed E-state index contributed by atoms with van der Waals surface area (Å²) in [6.45, 7) is 7.62. The van der Waals surface area contributed by atoms with Crippen LogP contribution in [0.25, 0.3) is 11.0 Å². The minimum Gasteiger partial charge on any atom is -0.296 e. The van der Waals surface area contributed by atoms with E-state index in [2.05, 4.69) is 33.8 Å². The van der Waals surface area contributed by atoms with Crippen LogP contribution in [-0.4, -0.2) is 37.7 Å². The third-order valence-corrected chi connectivity index (χ3v) is 4.45. The Morgan fingerprint density at radius 3 is 2.65 bits per heavy atom. The number of piperidine rings is 1. The lowest BCUT2D eigenvalue weighted by Gasteiger charge is -2.36. The van der Waals surface area contributed by atoms with E-state index in [-0.39, 0.29) is 0 Å². The van der Waals surface area contributed by atoms with E-state index >= 15 is 0 Å². The molecule has 0 radical (unpaired) electrons. The lowest BCUT2D eigenvalue weighted by atomic mass is 9.83. The first-order chi connectivity index (χ1) is 9.44. The molecule has 0 spiro atoms. The predicted molar refractivity (Wildman–Crippen MR) is 79.6 cm³/mol. The van der Waals surface area contributed by atoms with Gasteiger partial charge in [-0.1, -0.05) is 25.4 Å². The predicted octanol–water partition coefficient (Wildman–Crippen LogP) is 2.64. The Kier molecular flexibility index (Phi) is 3.42. The van der Waals surface area contributed by atoms with Gasteiger partial charge in [0.15, 0.2) is 5.65 Å². The second kappa shape index (κ2) is 4.97. The summed E-state index contributed by atoms with van der Waals surface area (Å²) in [5.41, 5.74) is 1.26. The van der Waals surface area contributed by atoms with Crippen LogP contribution in [0.3, 0.4) is 0 Å². The number of aryl methyl sites for hydroxylation is 1. The van der Waals surface area contributed by atoms with Crippen molar-refractivity contribution in [1.29, 1.82) is 0 Å². The SMILES string of the molecule is Cn1ncc2c(Cl)nc(CN3CCC(C)(C)CC3)nc21. The van der Waals surface area contributed by atoms with Gasteiger partial charge in [-0.2, -0.15) is 5.10 Å². The highest BCUT2D eigenvalue weighted by Gasteiger charge is 2.25. The summed E-state index contributed by atoms with van der Waals surface area (Å²) < 4.78 is 1.74. The van der Waals surface area contributed by atoms with Crippen LogP contribution in [-0.2, 0) is 13.6 Å². The van der Waals surface area contributed by atoms with Crippen LogP contribution in [0.5, 0.6) is 0 Å². The molecule has 2 aromatic heterocycles. The van der Waals surface area contributed by atoms with Crippen LogP contribution in [0.4, 0.5) is 0 Å². The summed E-state index contributed by atoms with van der Waals surface area (Å²) in [5, 5.41) is 5.49. The molecule has 3 rings (SSSR count). The van der Waals surface area contributed by atoms with E-state index in [1.165, 1.54) is 12.8 Å². The minimum atomic E-state index is 0.459. The molecular formula is C14H20ClN5. The van der Waals surface area contributed by atoms with Gasteiger partial charge in [0.2, 0.25) is 0 Å². The molecule has 1 aliphatic heterocycles. The molecule has 0 aromatic carbocycles. The lowest BCUT2D eigenvalue weighted by Crippen LogP contribution is -2.37. The Morgan fingerprint density at radius 1 is 1.25 bits per heavy atom. The zero-order valence-corrected chi connectivity index (χ0v) is 13.0. The molecule has 6 heteroatoms. The molecule has 20 heavy (non-hydrogen) atoms. The van der Waals surface area contributed by atoms with E-state index in [0.29, 0.717) is 10.6 Å². The molecule has 2 aromatic rings. The smallest absolute Gasteiger partial charge is 0.162 e. The maximum atomic E-state index is 6.22. The van der Waals surface area contributed by atoms with Gasteiger partial charge in [0.25, 0.3) is 0 Å². The van der Waals surface area contributed by atoms with Gasteiger partial charge in [0.05, 0.1) is 18.1 Å². The number of fused-ring (bicyclic) bond motifs is 1. The first-order valence-electron chi connectivity index (χ1n) is 7.01. The van der Waals surface area contributed by atoms with Gasteiger partial charge in [-0.3, -0.25) is 9.58 Å². The quantitative estimate of drug-likeness (QED) is 0.799. The topological polar surface area (TPSA) is 46.8 Å². The Morgan fingerprint density at radius 2 is 1.95 bits per heavy atom. The second-order valence-corrected chi connectivity index (χ2v) is 6.73. The number of aromatic nitrogens is 4. The molecular weight excluding hydrogens is 274 g/mol. The van der Waals surface area contributed by atoms with Gasteiger partial charge >= 0.3 is 0 Å². The highest BCUT2D eigenvalue weighted by atomic mass is 35.5. The standard InChI is InChI=1S/C14H20ClN5/c1-14(2)4-6-20(7-5-14)9-11-17-12(15)10-8-16-19(3)13(10)18-11/h8H,4-7,9H2,1-3H3. The molecule has 5 nitrogen and oxygen atoms in total. The van der Waals surface area contributed by atoms with E-state index in [4.69, 9.17) is 11.6 Å². The monoisotopic (exact) mass is 293 g/mol. The van der Waals surface area contributed by atoms with E-state index in [1.807, 2.05) is 7.05 Å². The molecule has 108 valence electrons. The van der Waals surface area contributed by atoms with Crippen molar-refractivity contribution in [3.63, 3.8) is 0 Å². The van der Waals surface area contributed by atoms with Gasteiger partial charge in [-0.05, 0) is 31.3 Å². The van der Waals surface area contributed by atoms with Crippen LogP contribution in [0, 0.1) is 5.41 Å². The molecule has 0 atom stereocenters. The van der Waals surface area contributed by atoms with Crippen molar-refractivity contribution in [3.05, 3.63) is 17.2 Å². The minimum absolute atomic E-state index is 0.459. The summed E-state index contributed by atoms with van der Waals surface area (Å²) in [6, 6.07) is 0. The molecule has 1 saturated heterocycles. The fraction of sp³-hybridized carbons (Fsp3) is 0.643. The third-order valence-electron chi connectivity index (χ3n) is 4.17. The molecule has 0 saturated carbocycles. The van der Waals surface area contributed by atoms with Crippen molar-refractivity contribution in [1.82, 2.24) is 24.6 Å². The Balaban J connectivity index is 1.79. The Hall–Kier alpha value is -1.20. The molecule has 1 aliphatic rings. The highest BCUT2D eigenvalue weighted by molar-refractivity contribution is 6.33. The van der Waals surface area contributed by atoms with Crippen LogP contribution in [0.15, 0.2) is 6.20 Å². The van der Waals surface area contributed by atoms with Gasteiger partial charge < -0.3 is 0 Å². The van der Waals surface area contributed by atoms with Crippen molar-refractivity contribution in [2.45, 2.75) is 33.2 Å². The van der Waals surface area contributed by atoms with E-state index in [9.17, 15) is 0 Å². The number of likely N-dealkylation sites (tertiary alicyclic amines) is 1. The van der Waals surface area contributed by atoms with Crippen molar-refractivity contribution in [2.75, 3.05) is 13.1 Å². The number of nitrogens with zero attached hydrogens (tertiary/aromatic N) is 5. The van der Waals surface area contributed by atoms with Crippen molar-refractivity contribution >= 4 is 22.6 Å². The van der Waals surface area contributed by atoms with Gasteiger partial charge in [0.1, 0.15) is 11.0 Å². The third kappa shape index (κ3) is 2.65. The maximum Gasteiger partial charge on any atom is 0.162 e. The molecule has 0 unspecified atom stereocenters. The van der Waals surface area contributed by atoms with Gasteiger partial charge in [0, 0.05) is 7.05 Å². The molecule has 0 aliphatic carbocycles. The number of rotatable bonds is 2. The summed E-state index contributed by atoms with van der Waals surface area (Å²) >= 11 is 6.22. The zero-order valence-electron chi connectivity index (χ0n) is 12.2. The van der Waals surface area contributed by atoms with Gasteiger partial charge in [-0.15, -0.1) is 0 Å². The first-order valence-corrected chi connectivity index (χ1v) is 7.39. The van der Waals surface area contributed by atoms with E-state index < -0.39 is 0 Å². The van der Waals surface area contributed by atoms with Gasteiger partial charge in [-0.25, -0.2) is 9.97 Å². The average molecular weight is 294 g/mol. The van der Waals surface area contributed by atoms with E-state index in [0.717, 1.165) is 36.5 Å². The number of hydrogen-bond donors (Lipinski definition) is 0. The van der Waals surface area contributed by atoms with Crippen LogP contribution < -0.4 is 0 Å². The molecule has 0 amide bonds. The summed E-state index contributed by atoms with van der Waals surface area (Å²) in [7, 11) is 1.87. The lowest BCUT2D eigenvalue weighted by molar-refractivity contribution is 0.124. The van der Waals surface area contributed by atoms with Crippen LogP contribution in [0.2, 0.25) is 5.15 Å².